The number of hydrogen-bond acceptors (Lipinski definition) is 6. The van der Waals surface area contributed by atoms with Crippen LogP contribution >= 0.6 is 27.3 Å². The molecule has 3 aromatic heterocycles. The van der Waals surface area contributed by atoms with Gasteiger partial charge in [-0.1, -0.05) is 40.1 Å². The summed E-state index contributed by atoms with van der Waals surface area (Å²) < 4.78 is 12.3. The van der Waals surface area contributed by atoms with Crippen LogP contribution in [0.25, 0.3) is 21.5 Å². The lowest BCUT2D eigenvalue weighted by Crippen LogP contribution is -1.97. The van der Waals surface area contributed by atoms with Gasteiger partial charge in [0.1, 0.15) is 16.9 Å². The van der Waals surface area contributed by atoms with Crippen molar-refractivity contribution in [3.05, 3.63) is 57.8 Å². The molecule has 25 heavy (non-hydrogen) atoms. The van der Waals surface area contributed by atoms with Gasteiger partial charge in [0.15, 0.2) is 12.4 Å². The SMILES string of the molecule is CCc1csc2ncnc(OCc3cc(-c4ccc(Br)cc4)no3)c12. The van der Waals surface area contributed by atoms with E-state index in [0.717, 1.165) is 32.4 Å². The number of ether oxygens (including phenoxy) is 1. The van der Waals surface area contributed by atoms with Crippen LogP contribution in [0.5, 0.6) is 5.88 Å². The van der Waals surface area contributed by atoms with Crippen molar-refractivity contribution >= 4 is 37.5 Å². The monoisotopic (exact) mass is 415 g/mol. The van der Waals surface area contributed by atoms with Gasteiger partial charge in [0.2, 0.25) is 5.88 Å². The molecular weight excluding hydrogens is 402 g/mol. The van der Waals surface area contributed by atoms with E-state index in [1.165, 1.54) is 11.9 Å². The maximum absolute atomic E-state index is 5.89. The summed E-state index contributed by atoms with van der Waals surface area (Å²) in [5.74, 6) is 1.24. The maximum atomic E-state index is 5.89. The molecule has 0 saturated carbocycles. The minimum atomic E-state index is 0.272. The number of hydrogen-bond donors (Lipinski definition) is 0. The number of halogens is 1. The van der Waals surface area contributed by atoms with Gasteiger partial charge in [-0.25, -0.2) is 9.97 Å². The molecule has 4 aromatic rings. The first-order chi connectivity index (χ1) is 12.2. The number of nitrogens with zero attached hydrogens (tertiary/aromatic N) is 3. The van der Waals surface area contributed by atoms with Crippen molar-refractivity contribution in [2.45, 2.75) is 20.0 Å². The number of aryl methyl sites for hydroxylation is 1. The summed E-state index contributed by atoms with van der Waals surface area (Å²) in [6, 6.07) is 9.80. The Labute approximate surface area is 156 Å². The van der Waals surface area contributed by atoms with E-state index in [-0.39, 0.29) is 6.61 Å². The number of aromatic nitrogens is 3. The molecule has 0 fully saturated rings. The fourth-order valence-electron chi connectivity index (χ4n) is 2.55. The lowest BCUT2D eigenvalue weighted by atomic mass is 10.1. The second kappa shape index (κ2) is 6.93. The van der Waals surface area contributed by atoms with Crippen molar-refractivity contribution in [1.82, 2.24) is 15.1 Å². The molecule has 0 N–H and O–H groups in total. The number of fused-ring (bicyclic) bond motifs is 1. The molecule has 5 nitrogen and oxygen atoms in total. The molecule has 0 bridgehead atoms. The predicted molar refractivity (Wildman–Crippen MR) is 101 cm³/mol. The summed E-state index contributed by atoms with van der Waals surface area (Å²) in [6.45, 7) is 2.38. The summed E-state index contributed by atoms with van der Waals surface area (Å²) in [4.78, 5) is 9.53. The van der Waals surface area contributed by atoms with Gasteiger partial charge in [-0.2, -0.15) is 0 Å². The van der Waals surface area contributed by atoms with Crippen LogP contribution in [0.4, 0.5) is 0 Å². The van der Waals surface area contributed by atoms with Crippen LogP contribution < -0.4 is 4.74 Å². The standard InChI is InChI=1S/C18H14BrN3O2S/c1-2-11-9-25-18-16(11)17(20-10-21-18)23-8-14-7-15(22-24-14)12-3-5-13(19)6-4-12/h3-7,9-10H,2,8H2,1H3. The van der Waals surface area contributed by atoms with E-state index in [0.29, 0.717) is 11.6 Å². The van der Waals surface area contributed by atoms with E-state index in [9.17, 15) is 0 Å². The van der Waals surface area contributed by atoms with Gasteiger partial charge in [0.05, 0.1) is 5.39 Å². The van der Waals surface area contributed by atoms with Gasteiger partial charge >= 0.3 is 0 Å². The minimum Gasteiger partial charge on any atom is -0.469 e. The third-order valence-corrected chi connectivity index (χ3v) is 5.31. The quantitative estimate of drug-likeness (QED) is 0.445. The van der Waals surface area contributed by atoms with Crippen LogP contribution in [0.2, 0.25) is 0 Å². The zero-order chi connectivity index (χ0) is 17.2. The normalized spacial score (nSPS) is 11.1. The summed E-state index contributed by atoms with van der Waals surface area (Å²) in [5, 5.41) is 7.21. The molecule has 4 rings (SSSR count). The second-order valence-electron chi connectivity index (χ2n) is 5.45. The molecule has 0 aliphatic rings. The van der Waals surface area contributed by atoms with E-state index in [1.54, 1.807) is 11.3 Å². The molecule has 0 saturated heterocycles. The fraction of sp³-hybridized carbons (Fsp3) is 0.167. The first-order valence-electron chi connectivity index (χ1n) is 7.80. The highest BCUT2D eigenvalue weighted by molar-refractivity contribution is 9.10. The highest BCUT2D eigenvalue weighted by Crippen LogP contribution is 2.31. The van der Waals surface area contributed by atoms with E-state index in [4.69, 9.17) is 9.26 Å². The summed E-state index contributed by atoms with van der Waals surface area (Å²) >= 11 is 5.03. The van der Waals surface area contributed by atoms with Crippen LogP contribution in [0.3, 0.4) is 0 Å². The molecule has 3 heterocycles. The largest absolute Gasteiger partial charge is 0.469 e. The molecule has 0 radical (unpaired) electrons. The summed E-state index contributed by atoms with van der Waals surface area (Å²) in [7, 11) is 0. The third-order valence-electron chi connectivity index (χ3n) is 3.84. The lowest BCUT2D eigenvalue weighted by Gasteiger charge is -2.04. The van der Waals surface area contributed by atoms with Gasteiger partial charge in [0.25, 0.3) is 0 Å². The smallest absolute Gasteiger partial charge is 0.226 e. The second-order valence-corrected chi connectivity index (χ2v) is 7.22. The minimum absolute atomic E-state index is 0.272. The molecular formula is C18H14BrN3O2S. The zero-order valence-corrected chi connectivity index (χ0v) is 15.8. The molecule has 126 valence electrons. The van der Waals surface area contributed by atoms with Gasteiger partial charge in [-0.3, -0.25) is 0 Å². The molecule has 0 aliphatic heterocycles. The Bertz CT molecular complexity index is 1010. The predicted octanol–water partition coefficient (Wildman–Crippen LogP) is 5.25. The Morgan fingerprint density at radius 3 is 2.84 bits per heavy atom. The van der Waals surface area contributed by atoms with Crippen molar-refractivity contribution in [1.29, 1.82) is 0 Å². The number of rotatable bonds is 5. The van der Waals surface area contributed by atoms with Crippen molar-refractivity contribution in [3.8, 4) is 17.1 Å². The highest BCUT2D eigenvalue weighted by Gasteiger charge is 2.13. The summed E-state index contributed by atoms with van der Waals surface area (Å²) in [5.41, 5.74) is 2.97. The Balaban J connectivity index is 1.54. The maximum Gasteiger partial charge on any atom is 0.226 e. The van der Waals surface area contributed by atoms with Crippen LogP contribution in [-0.4, -0.2) is 15.1 Å². The van der Waals surface area contributed by atoms with Crippen LogP contribution in [0, 0.1) is 0 Å². The molecule has 0 unspecified atom stereocenters. The van der Waals surface area contributed by atoms with Gasteiger partial charge < -0.3 is 9.26 Å². The topological polar surface area (TPSA) is 61.0 Å². The highest BCUT2D eigenvalue weighted by atomic mass is 79.9. The zero-order valence-electron chi connectivity index (χ0n) is 13.4. The Hall–Kier alpha value is -2.25. The number of benzene rings is 1. The van der Waals surface area contributed by atoms with Crippen molar-refractivity contribution < 1.29 is 9.26 Å². The van der Waals surface area contributed by atoms with E-state index < -0.39 is 0 Å². The van der Waals surface area contributed by atoms with Crippen LogP contribution in [0.1, 0.15) is 18.2 Å². The first-order valence-corrected chi connectivity index (χ1v) is 9.47. The molecule has 0 spiro atoms. The van der Waals surface area contributed by atoms with Crippen molar-refractivity contribution in [2.75, 3.05) is 0 Å². The van der Waals surface area contributed by atoms with Crippen LogP contribution in [0.15, 0.2) is 51.0 Å². The molecule has 0 atom stereocenters. The Kier molecular flexibility index (Phi) is 4.50. The molecule has 1 aromatic carbocycles. The molecule has 0 amide bonds. The van der Waals surface area contributed by atoms with E-state index >= 15 is 0 Å². The van der Waals surface area contributed by atoms with Crippen molar-refractivity contribution in [3.63, 3.8) is 0 Å². The first kappa shape index (κ1) is 16.2. The van der Waals surface area contributed by atoms with Crippen molar-refractivity contribution in [2.24, 2.45) is 0 Å². The molecule has 0 aliphatic carbocycles. The van der Waals surface area contributed by atoms with Gasteiger partial charge in [0, 0.05) is 16.1 Å². The lowest BCUT2D eigenvalue weighted by molar-refractivity contribution is 0.244. The average Bonchev–Trinajstić information content (AvgIpc) is 3.27. The fourth-order valence-corrected chi connectivity index (χ4v) is 3.80. The summed E-state index contributed by atoms with van der Waals surface area (Å²) in [6.07, 6.45) is 2.45. The molecule has 7 heteroatoms. The van der Waals surface area contributed by atoms with E-state index in [1.807, 2.05) is 30.3 Å². The Morgan fingerprint density at radius 2 is 2.04 bits per heavy atom. The number of thiophene rings is 1. The average molecular weight is 416 g/mol. The van der Waals surface area contributed by atoms with Crippen LogP contribution in [-0.2, 0) is 13.0 Å². The Morgan fingerprint density at radius 1 is 1.20 bits per heavy atom. The van der Waals surface area contributed by atoms with Gasteiger partial charge in [-0.15, -0.1) is 11.3 Å². The van der Waals surface area contributed by atoms with E-state index in [2.05, 4.69) is 43.4 Å². The third kappa shape index (κ3) is 3.29. The van der Waals surface area contributed by atoms with Gasteiger partial charge in [-0.05, 0) is 29.5 Å².